The summed E-state index contributed by atoms with van der Waals surface area (Å²) in [7, 11) is -3.91. The van der Waals surface area contributed by atoms with Gasteiger partial charge in [0.15, 0.2) is 6.04 Å². The van der Waals surface area contributed by atoms with Crippen LogP contribution in [-0.4, -0.2) is 54.3 Å². The van der Waals surface area contributed by atoms with Crippen molar-refractivity contribution in [1.29, 1.82) is 0 Å². The number of rotatable bonds is 5. The first-order valence-electron chi connectivity index (χ1n) is 5.96. The fourth-order valence-electron chi connectivity index (χ4n) is 2.01. The Morgan fingerprint density at radius 3 is 2.68 bits per heavy atom. The second kappa shape index (κ2) is 6.02. The van der Waals surface area contributed by atoms with E-state index in [9.17, 15) is 22.8 Å². The highest BCUT2D eigenvalue weighted by molar-refractivity contribution is 7.84. The van der Waals surface area contributed by atoms with Crippen molar-refractivity contribution in [3.8, 4) is 0 Å². The zero-order valence-corrected chi connectivity index (χ0v) is 12.9. The average Bonchev–Trinajstić information content (AvgIpc) is 2.92. The monoisotopic (exact) mass is 348 g/mol. The molecule has 0 aromatic carbocycles. The third-order valence-corrected chi connectivity index (χ3v) is 4.75. The molecule has 2 N–H and O–H groups in total. The summed E-state index contributed by atoms with van der Waals surface area (Å²) >= 11 is 1.34. The highest BCUT2D eigenvalue weighted by Crippen LogP contribution is 2.24. The summed E-state index contributed by atoms with van der Waals surface area (Å²) in [6.45, 7) is 0. The third-order valence-electron chi connectivity index (χ3n) is 2.97. The SMILES string of the molecule is COC(=O)[C@@H]1[C@H](NC(=O)Cc2cccs2)C(=O)N1S(=O)(=O)O. The van der Waals surface area contributed by atoms with Crippen molar-refractivity contribution in [2.45, 2.75) is 18.5 Å². The number of esters is 1. The molecule has 2 atom stereocenters. The Bertz CT molecular complexity index is 698. The first-order valence-corrected chi connectivity index (χ1v) is 8.23. The summed E-state index contributed by atoms with van der Waals surface area (Å²) in [5, 5.41) is 4.04. The topological polar surface area (TPSA) is 130 Å². The van der Waals surface area contributed by atoms with Crippen LogP contribution in [0.3, 0.4) is 0 Å². The molecule has 1 aliphatic rings. The summed E-state index contributed by atoms with van der Waals surface area (Å²) in [5.41, 5.74) is 0. The van der Waals surface area contributed by atoms with Gasteiger partial charge in [-0.25, -0.2) is 4.79 Å². The van der Waals surface area contributed by atoms with Crippen molar-refractivity contribution >= 4 is 39.4 Å². The van der Waals surface area contributed by atoms with Crippen molar-refractivity contribution in [2.24, 2.45) is 0 Å². The number of carbonyl (C=O) groups excluding carboxylic acids is 3. The largest absolute Gasteiger partial charge is 0.467 e. The van der Waals surface area contributed by atoms with E-state index in [-0.39, 0.29) is 10.7 Å². The third kappa shape index (κ3) is 3.10. The molecule has 120 valence electrons. The minimum Gasteiger partial charge on any atom is -0.467 e. The van der Waals surface area contributed by atoms with Gasteiger partial charge in [0.25, 0.3) is 5.91 Å². The molecule has 11 heteroatoms. The van der Waals surface area contributed by atoms with E-state index in [4.69, 9.17) is 4.55 Å². The fourth-order valence-corrected chi connectivity index (χ4v) is 3.55. The van der Waals surface area contributed by atoms with Crippen molar-refractivity contribution in [1.82, 2.24) is 9.62 Å². The number of hydrogen-bond acceptors (Lipinski definition) is 7. The molecule has 1 fully saturated rings. The van der Waals surface area contributed by atoms with Gasteiger partial charge in [0, 0.05) is 4.88 Å². The van der Waals surface area contributed by atoms with Crippen molar-refractivity contribution in [3.63, 3.8) is 0 Å². The Kier molecular flexibility index (Phi) is 4.49. The van der Waals surface area contributed by atoms with Crippen LogP contribution in [0.5, 0.6) is 0 Å². The molecule has 0 radical (unpaired) electrons. The molecule has 0 unspecified atom stereocenters. The maximum absolute atomic E-state index is 11.8. The highest BCUT2D eigenvalue weighted by Gasteiger charge is 2.58. The van der Waals surface area contributed by atoms with Crippen molar-refractivity contribution < 1.29 is 32.1 Å². The van der Waals surface area contributed by atoms with E-state index in [1.54, 1.807) is 17.5 Å². The van der Waals surface area contributed by atoms with Gasteiger partial charge in [0.05, 0.1) is 13.5 Å². The van der Waals surface area contributed by atoms with Gasteiger partial charge in [0.1, 0.15) is 6.04 Å². The molecule has 2 rings (SSSR count). The van der Waals surface area contributed by atoms with Crippen LogP contribution in [0.4, 0.5) is 0 Å². The first kappa shape index (κ1) is 16.4. The summed E-state index contributed by atoms with van der Waals surface area (Å²) < 4.78 is 35.5. The van der Waals surface area contributed by atoms with Crippen LogP contribution >= 0.6 is 11.3 Å². The molecule has 1 aliphatic heterocycles. The summed E-state index contributed by atoms with van der Waals surface area (Å²) in [6.07, 6.45) is -0.0127. The molecule has 1 aromatic rings. The predicted octanol–water partition coefficient (Wildman–Crippen LogP) is -1.04. The lowest BCUT2D eigenvalue weighted by molar-refractivity contribution is -0.162. The standard InChI is InChI=1S/C11H12N2O7S2/c1-20-11(16)9-8(10(15)13(9)22(17,18)19)12-7(14)5-6-3-2-4-21-6/h2-4,8-9H,5H2,1H3,(H,12,14)(H,17,18,19)/t8-,9-/m0/s1. The number of nitrogens with zero attached hydrogens (tertiary/aromatic N) is 1. The van der Waals surface area contributed by atoms with Crippen molar-refractivity contribution in [2.75, 3.05) is 7.11 Å². The molecule has 0 spiro atoms. The first-order chi connectivity index (χ1) is 10.3. The summed E-state index contributed by atoms with van der Waals surface area (Å²) in [6, 6.07) is 0.468. The van der Waals surface area contributed by atoms with Crippen LogP contribution in [0.1, 0.15) is 4.88 Å². The second-order valence-corrected chi connectivity index (χ2v) is 6.70. The molecule has 0 aliphatic carbocycles. The Hall–Kier alpha value is -1.98. The van der Waals surface area contributed by atoms with Gasteiger partial charge in [-0.05, 0) is 11.4 Å². The van der Waals surface area contributed by atoms with Crippen LogP contribution in [0.25, 0.3) is 0 Å². The van der Waals surface area contributed by atoms with Crippen LogP contribution in [0, 0.1) is 0 Å². The molecule has 1 aromatic heterocycles. The van der Waals surface area contributed by atoms with Gasteiger partial charge in [-0.2, -0.15) is 12.7 Å². The zero-order chi connectivity index (χ0) is 16.5. The van der Waals surface area contributed by atoms with Crippen LogP contribution < -0.4 is 5.32 Å². The van der Waals surface area contributed by atoms with E-state index in [0.717, 1.165) is 12.0 Å². The minimum atomic E-state index is -4.90. The Balaban J connectivity index is 2.11. The lowest BCUT2D eigenvalue weighted by Gasteiger charge is -2.41. The van der Waals surface area contributed by atoms with E-state index < -0.39 is 40.2 Å². The Morgan fingerprint density at radius 1 is 1.50 bits per heavy atom. The molecule has 0 bridgehead atoms. The van der Waals surface area contributed by atoms with Crippen LogP contribution in [0.15, 0.2) is 17.5 Å². The number of carbonyl (C=O) groups is 3. The predicted molar refractivity (Wildman–Crippen MR) is 74.2 cm³/mol. The van der Waals surface area contributed by atoms with Gasteiger partial charge in [-0.3, -0.25) is 14.1 Å². The van der Waals surface area contributed by atoms with E-state index >= 15 is 0 Å². The highest BCUT2D eigenvalue weighted by atomic mass is 32.2. The second-order valence-electron chi connectivity index (χ2n) is 4.38. The number of methoxy groups -OCH3 is 1. The molecular formula is C11H12N2O7S2. The van der Waals surface area contributed by atoms with E-state index in [1.165, 1.54) is 11.3 Å². The molecular weight excluding hydrogens is 336 g/mol. The molecule has 22 heavy (non-hydrogen) atoms. The van der Waals surface area contributed by atoms with Gasteiger partial charge < -0.3 is 10.1 Å². The maximum Gasteiger partial charge on any atom is 0.363 e. The summed E-state index contributed by atoms with van der Waals surface area (Å²) in [5.74, 6) is -2.71. The number of ether oxygens (including phenoxy) is 1. The molecule has 0 saturated carbocycles. The number of nitrogens with one attached hydrogen (secondary N) is 1. The fraction of sp³-hybridized carbons (Fsp3) is 0.364. The number of amides is 2. The molecule has 1 saturated heterocycles. The van der Waals surface area contributed by atoms with E-state index in [1.807, 2.05) is 0 Å². The number of thiophene rings is 1. The Morgan fingerprint density at radius 2 is 2.18 bits per heavy atom. The Labute approximate surface area is 129 Å². The molecule has 2 heterocycles. The van der Waals surface area contributed by atoms with Gasteiger partial charge >= 0.3 is 16.3 Å². The van der Waals surface area contributed by atoms with Gasteiger partial charge in [-0.15, -0.1) is 11.3 Å². The average molecular weight is 348 g/mol. The van der Waals surface area contributed by atoms with Crippen molar-refractivity contribution in [3.05, 3.63) is 22.4 Å². The van der Waals surface area contributed by atoms with Crippen LogP contribution in [0.2, 0.25) is 0 Å². The minimum absolute atomic E-state index is 0.0127. The molecule has 2 amide bonds. The summed E-state index contributed by atoms with van der Waals surface area (Å²) in [4.78, 5) is 35.9. The van der Waals surface area contributed by atoms with Gasteiger partial charge in [-0.1, -0.05) is 6.07 Å². The molecule has 9 nitrogen and oxygen atoms in total. The smallest absolute Gasteiger partial charge is 0.363 e. The normalized spacial score (nSPS) is 21.2. The quantitative estimate of drug-likeness (QED) is 0.395. The van der Waals surface area contributed by atoms with Crippen LogP contribution in [-0.2, 0) is 35.8 Å². The van der Waals surface area contributed by atoms with Gasteiger partial charge in [0.2, 0.25) is 5.91 Å². The van der Waals surface area contributed by atoms with E-state index in [2.05, 4.69) is 10.1 Å². The number of hydrogen-bond donors (Lipinski definition) is 2. The lowest BCUT2D eigenvalue weighted by atomic mass is 9.98. The number of β-lactam (4-membered cyclic amide) rings is 1. The maximum atomic E-state index is 11.8. The lowest BCUT2D eigenvalue weighted by Crippen LogP contribution is -2.74. The van der Waals surface area contributed by atoms with E-state index in [0.29, 0.717) is 0 Å². The zero-order valence-electron chi connectivity index (χ0n) is 11.3.